The van der Waals surface area contributed by atoms with Crippen LogP contribution in [0.5, 0.6) is 5.88 Å². The van der Waals surface area contributed by atoms with Crippen LogP contribution in [0.15, 0.2) is 30.6 Å². The number of hydrogen-bond acceptors (Lipinski definition) is 6. The molecule has 3 aromatic heterocycles. The molecule has 1 amide bonds. The highest BCUT2D eigenvalue weighted by Crippen LogP contribution is 2.29. The fourth-order valence-corrected chi connectivity index (χ4v) is 3.42. The predicted molar refractivity (Wildman–Crippen MR) is 109 cm³/mol. The molecule has 10 heteroatoms. The first kappa shape index (κ1) is 21.1. The maximum absolute atomic E-state index is 12.9. The quantitative estimate of drug-likeness (QED) is 0.635. The Bertz CT molecular complexity index is 1080. The zero-order chi connectivity index (χ0) is 22.0. The molecular formula is C21H23F2N5O3. The molecule has 4 rings (SSSR count). The van der Waals surface area contributed by atoms with Gasteiger partial charge in [0, 0.05) is 25.3 Å². The van der Waals surface area contributed by atoms with Crippen molar-refractivity contribution in [2.24, 2.45) is 0 Å². The largest absolute Gasteiger partial charge is 0.472 e. The molecule has 0 atom stereocenters. The summed E-state index contributed by atoms with van der Waals surface area (Å²) in [6, 6.07) is 3.90. The van der Waals surface area contributed by atoms with Crippen molar-refractivity contribution < 1.29 is 23.0 Å². The molecule has 1 aliphatic heterocycles. The van der Waals surface area contributed by atoms with Gasteiger partial charge in [0.1, 0.15) is 11.4 Å². The Morgan fingerprint density at radius 3 is 2.68 bits per heavy atom. The van der Waals surface area contributed by atoms with Gasteiger partial charge in [-0.1, -0.05) is 6.07 Å². The highest BCUT2D eigenvalue weighted by Gasteiger charge is 2.22. The Hall–Kier alpha value is -3.14. The van der Waals surface area contributed by atoms with Gasteiger partial charge in [0.15, 0.2) is 5.82 Å². The molecule has 0 aromatic carbocycles. The number of nitrogens with zero attached hydrogens (tertiary/aromatic N) is 4. The molecule has 1 aliphatic rings. The lowest BCUT2D eigenvalue weighted by Crippen LogP contribution is -2.17. The van der Waals surface area contributed by atoms with Gasteiger partial charge in [-0.25, -0.2) is 18.7 Å². The van der Waals surface area contributed by atoms with Crippen molar-refractivity contribution in [3.63, 3.8) is 0 Å². The molecule has 0 aliphatic carbocycles. The normalized spacial score (nSPS) is 15.0. The van der Waals surface area contributed by atoms with E-state index in [-0.39, 0.29) is 29.4 Å². The lowest BCUT2D eigenvalue weighted by Gasteiger charge is -2.19. The topological polar surface area (TPSA) is 90.6 Å². The van der Waals surface area contributed by atoms with Crippen LogP contribution in [-0.2, 0) is 4.74 Å². The summed E-state index contributed by atoms with van der Waals surface area (Å²) in [5, 5.41) is 2.61. The number of hydrogen-bond donors (Lipinski definition) is 1. The van der Waals surface area contributed by atoms with Crippen molar-refractivity contribution in [2.75, 3.05) is 18.5 Å². The predicted octanol–water partition coefficient (Wildman–Crippen LogP) is 4.00. The van der Waals surface area contributed by atoms with E-state index >= 15 is 0 Å². The summed E-state index contributed by atoms with van der Waals surface area (Å²) in [6.45, 7) is 5.12. The second kappa shape index (κ2) is 8.93. The Kier molecular flexibility index (Phi) is 6.08. The Morgan fingerprint density at radius 2 is 1.97 bits per heavy atom. The van der Waals surface area contributed by atoms with Crippen molar-refractivity contribution in [1.29, 1.82) is 0 Å². The molecule has 3 aromatic rings. The molecule has 0 spiro atoms. The number of nitrogens with one attached hydrogen (secondary N) is 1. The molecule has 0 saturated carbocycles. The van der Waals surface area contributed by atoms with Gasteiger partial charge in [-0.15, -0.1) is 0 Å². The molecule has 4 heterocycles. The van der Waals surface area contributed by atoms with Crippen LogP contribution in [0.4, 0.5) is 14.6 Å². The molecule has 31 heavy (non-hydrogen) atoms. The maximum atomic E-state index is 12.9. The van der Waals surface area contributed by atoms with Crippen LogP contribution in [0.2, 0.25) is 0 Å². The van der Waals surface area contributed by atoms with E-state index in [1.165, 1.54) is 18.2 Å². The molecule has 1 N–H and O–H groups in total. The van der Waals surface area contributed by atoms with E-state index in [4.69, 9.17) is 14.5 Å². The van der Waals surface area contributed by atoms with Crippen LogP contribution in [0.3, 0.4) is 0 Å². The number of fused-ring (bicyclic) bond motifs is 1. The van der Waals surface area contributed by atoms with Crippen LogP contribution < -0.4 is 10.1 Å². The van der Waals surface area contributed by atoms with Gasteiger partial charge in [-0.3, -0.25) is 9.20 Å². The molecule has 0 radical (unpaired) electrons. The third kappa shape index (κ3) is 4.79. The van der Waals surface area contributed by atoms with Crippen molar-refractivity contribution in [3.05, 3.63) is 47.7 Å². The molecule has 0 unspecified atom stereocenters. The van der Waals surface area contributed by atoms with Crippen molar-refractivity contribution >= 4 is 17.4 Å². The number of carbonyl (C=O) groups is 1. The first-order valence-electron chi connectivity index (χ1n) is 10.1. The minimum absolute atomic E-state index is 0.125. The third-order valence-electron chi connectivity index (χ3n) is 4.88. The average Bonchev–Trinajstić information content (AvgIpc) is 3.18. The fraction of sp³-hybridized carbons (Fsp3) is 0.429. The number of pyridine rings is 1. The summed E-state index contributed by atoms with van der Waals surface area (Å²) < 4.78 is 38.8. The first-order valence-corrected chi connectivity index (χ1v) is 10.1. The fourth-order valence-electron chi connectivity index (χ4n) is 3.42. The number of anilines is 1. The third-order valence-corrected chi connectivity index (χ3v) is 4.88. The number of carbonyl (C=O) groups excluding carboxylic acids is 1. The monoisotopic (exact) mass is 431 g/mol. The van der Waals surface area contributed by atoms with Crippen LogP contribution in [0.1, 0.15) is 60.9 Å². The lowest BCUT2D eigenvalue weighted by molar-refractivity contribution is 0.0846. The Labute approximate surface area is 177 Å². The number of aromatic nitrogens is 4. The van der Waals surface area contributed by atoms with E-state index in [0.29, 0.717) is 18.9 Å². The summed E-state index contributed by atoms with van der Waals surface area (Å²) in [7, 11) is 0. The molecular weight excluding hydrogens is 408 g/mol. The maximum Gasteiger partial charge on any atom is 0.280 e. The number of imidazole rings is 1. The van der Waals surface area contributed by atoms with Crippen LogP contribution in [0.25, 0.3) is 5.65 Å². The van der Waals surface area contributed by atoms with Gasteiger partial charge in [-0.2, -0.15) is 4.98 Å². The van der Waals surface area contributed by atoms with Gasteiger partial charge in [0.25, 0.3) is 18.2 Å². The van der Waals surface area contributed by atoms with Gasteiger partial charge >= 0.3 is 0 Å². The summed E-state index contributed by atoms with van der Waals surface area (Å²) in [5.74, 6) is 0.114. The number of alkyl halides is 2. The SMILES string of the molecule is CC(C)Oc1nc(NC(=O)c2cccc(C(F)F)n2)cn2cc(C3CCOCC3)nc12. The first-order chi connectivity index (χ1) is 14.9. The zero-order valence-electron chi connectivity index (χ0n) is 17.2. The molecule has 0 bridgehead atoms. The van der Waals surface area contributed by atoms with E-state index < -0.39 is 18.0 Å². The van der Waals surface area contributed by atoms with Crippen molar-refractivity contribution in [2.45, 2.75) is 45.1 Å². The summed E-state index contributed by atoms with van der Waals surface area (Å²) >= 11 is 0. The zero-order valence-corrected chi connectivity index (χ0v) is 17.2. The van der Waals surface area contributed by atoms with Crippen molar-refractivity contribution in [1.82, 2.24) is 19.4 Å². The minimum Gasteiger partial charge on any atom is -0.472 e. The number of amides is 1. The van der Waals surface area contributed by atoms with E-state index in [0.717, 1.165) is 18.5 Å². The van der Waals surface area contributed by atoms with Gasteiger partial charge in [-0.05, 0) is 38.8 Å². The number of halogens is 2. The second-order valence-electron chi connectivity index (χ2n) is 7.58. The number of ether oxygens (including phenoxy) is 2. The van der Waals surface area contributed by atoms with Gasteiger partial charge in [0.05, 0.1) is 18.0 Å². The standard InChI is InChI=1S/C21H23F2N5O3/c1-12(2)31-21-19-25-16(13-6-8-30-9-7-13)10-28(19)11-17(27-21)26-20(29)15-5-3-4-14(24-15)18(22)23/h3-5,10-13,18H,6-9H2,1-2H3,(H,26,29). The summed E-state index contributed by atoms with van der Waals surface area (Å²) in [5.41, 5.74) is 0.870. The second-order valence-corrected chi connectivity index (χ2v) is 7.58. The number of rotatable bonds is 6. The van der Waals surface area contributed by atoms with Crippen LogP contribution in [0, 0.1) is 0 Å². The van der Waals surface area contributed by atoms with E-state index in [1.807, 2.05) is 20.0 Å². The smallest absolute Gasteiger partial charge is 0.280 e. The average molecular weight is 431 g/mol. The van der Waals surface area contributed by atoms with Gasteiger partial charge in [0.2, 0.25) is 5.65 Å². The lowest BCUT2D eigenvalue weighted by atomic mass is 9.97. The van der Waals surface area contributed by atoms with E-state index in [1.54, 1.807) is 10.6 Å². The minimum atomic E-state index is -2.76. The molecule has 164 valence electrons. The van der Waals surface area contributed by atoms with E-state index in [9.17, 15) is 13.6 Å². The summed E-state index contributed by atoms with van der Waals surface area (Å²) in [6.07, 6.45) is 2.36. The van der Waals surface area contributed by atoms with Crippen LogP contribution in [-0.4, -0.2) is 44.6 Å². The van der Waals surface area contributed by atoms with Crippen LogP contribution >= 0.6 is 0 Å². The Morgan fingerprint density at radius 1 is 1.19 bits per heavy atom. The highest BCUT2D eigenvalue weighted by molar-refractivity contribution is 6.02. The Balaban J connectivity index is 1.65. The molecule has 8 nitrogen and oxygen atoms in total. The molecule has 1 saturated heterocycles. The van der Waals surface area contributed by atoms with E-state index in [2.05, 4.69) is 15.3 Å². The molecule has 1 fully saturated rings. The van der Waals surface area contributed by atoms with Gasteiger partial charge < -0.3 is 14.8 Å². The van der Waals surface area contributed by atoms with Crippen molar-refractivity contribution in [3.8, 4) is 5.88 Å². The highest BCUT2D eigenvalue weighted by atomic mass is 19.3. The summed E-state index contributed by atoms with van der Waals surface area (Å²) in [4.78, 5) is 25.4.